The Morgan fingerprint density at radius 2 is 1.96 bits per heavy atom. The molecule has 1 aromatic rings. The summed E-state index contributed by atoms with van der Waals surface area (Å²) in [4.78, 5) is 12.9. The van der Waals surface area contributed by atoms with Crippen molar-refractivity contribution in [3.8, 4) is 0 Å². The van der Waals surface area contributed by atoms with Gasteiger partial charge in [0.05, 0.1) is 5.71 Å². The SMILES string of the molecule is CC(C)(C)[C@H]1OC(=O)[C@](c2ccccc2)(C2CCC(=NO)C2)O1. The third-order valence-electron chi connectivity index (χ3n) is 4.70. The molecule has 23 heavy (non-hydrogen) atoms. The van der Waals surface area contributed by atoms with E-state index in [1.54, 1.807) is 0 Å². The molecule has 124 valence electrons. The van der Waals surface area contributed by atoms with Crippen LogP contribution in [0.15, 0.2) is 35.5 Å². The van der Waals surface area contributed by atoms with Crippen LogP contribution in [0.5, 0.6) is 0 Å². The minimum absolute atomic E-state index is 0.0874. The van der Waals surface area contributed by atoms with Crippen LogP contribution in [0.1, 0.15) is 45.6 Å². The quantitative estimate of drug-likeness (QED) is 0.515. The van der Waals surface area contributed by atoms with Gasteiger partial charge >= 0.3 is 5.97 Å². The van der Waals surface area contributed by atoms with Crippen LogP contribution in [0.25, 0.3) is 0 Å². The third kappa shape index (κ3) is 2.63. The fraction of sp³-hybridized carbons (Fsp3) is 0.556. The van der Waals surface area contributed by atoms with Gasteiger partial charge in [0, 0.05) is 11.3 Å². The van der Waals surface area contributed by atoms with Gasteiger partial charge in [0.15, 0.2) is 5.60 Å². The second-order valence-corrected chi connectivity index (χ2v) is 7.43. The van der Waals surface area contributed by atoms with Crippen LogP contribution in [-0.4, -0.2) is 23.2 Å². The molecule has 2 aliphatic rings. The molecule has 0 spiro atoms. The van der Waals surface area contributed by atoms with Crippen molar-refractivity contribution in [3.05, 3.63) is 35.9 Å². The van der Waals surface area contributed by atoms with E-state index >= 15 is 0 Å². The molecule has 5 nitrogen and oxygen atoms in total. The molecule has 1 heterocycles. The number of cyclic esters (lactones) is 1. The highest BCUT2D eigenvalue weighted by molar-refractivity contribution is 5.89. The Hall–Kier alpha value is -1.88. The molecule has 1 saturated heterocycles. The second-order valence-electron chi connectivity index (χ2n) is 7.43. The zero-order valence-electron chi connectivity index (χ0n) is 13.8. The smallest absolute Gasteiger partial charge is 0.345 e. The van der Waals surface area contributed by atoms with Crippen molar-refractivity contribution in [1.29, 1.82) is 0 Å². The predicted octanol–water partition coefficient (Wildman–Crippen LogP) is 3.46. The number of oxime groups is 1. The molecule has 1 saturated carbocycles. The minimum Gasteiger partial charge on any atom is -0.433 e. The first kappa shape index (κ1) is 16.0. The lowest BCUT2D eigenvalue weighted by atomic mass is 9.80. The molecular weight excluding hydrogens is 294 g/mol. The van der Waals surface area contributed by atoms with Gasteiger partial charge in [-0.05, 0) is 24.8 Å². The van der Waals surface area contributed by atoms with Crippen LogP contribution in [0.2, 0.25) is 0 Å². The van der Waals surface area contributed by atoms with Gasteiger partial charge in [-0.2, -0.15) is 0 Å². The van der Waals surface area contributed by atoms with Crippen LogP contribution in [0.4, 0.5) is 0 Å². The highest BCUT2D eigenvalue weighted by Gasteiger charge is 2.59. The molecule has 0 aromatic heterocycles. The van der Waals surface area contributed by atoms with Crippen molar-refractivity contribution in [3.63, 3.8) is 0 Å². The Morgan fingerprint density at radius 1 is 1.26 bits per heavy atom. The molecule has 3 rings (SSSR count). The summed E-state index contributed by atoms with van der Waals surface area (Å²) in [6, 6.07) is 9.51. The zero-order chi connectivity index (χ0) is 16.7. The number of carbonyl (C=O) groups excluding carboxylic acids is 1. The van der Waals surface area contributed by atoms with Gasteiger partial charge in [0.25, 0.3) is 0 Å². The van der Waals surface area contributed by atoms with Gasteiger partial charge in [-0.25, -0.2) is 4.79 Å². The summed E-state index contributed by atoms with van der Waals surface area (Å²) < 4.78 is 11.9. The van der Waals surface area contributed by atoms with E-state index in [0.29, 0.717) is 18.6 Å². The maximum Gasteiger partial charge on any atom is 0.345 e. The lowest BCUT2D eigenvalue weighted by molar-refractivity contribution is -0.161. The van der Waals surface area contributed by atoms with Gasteiger partial charge in [0.1, 0.15) is 0 Å². The largest absolute Gasteiger partial charge is 0.433 e. The predicted molar refractivity (Wildman–Crippen MR) is 85.1 cm³/mol. The number of carbonyl (C=O) groups is 1. The van der Waals surface area contributed by atoms with Gasteiger partial charge in [0.2, 0.25) is 6.29 Å². The van der Waals surface area contributed by atoms with Crippen molar-refractivity contribution in [2.45, 2.75) is 51.9 Å². The van der Waals surface area contributed by atoms with Crippen LogP contribution in [-0.2, 0) is 19.9 Å². The molecule has 1 unspecified atom stereocenters. The van der Waals surface area contributed by atoms with E-state index < -0.39 is 11.9 Å². The topological polar surface area (TPSA) is 68.1 Å². The number of benzene rings is 1. The summed E-state index contributed by atoms with van der Waals surface area (Å²) in [6.07, 6.45) is 1.36. The summed E-state index contributed by atoms with van der Waals surface area (Å²) in [5.74, 6) is -0.427. The highest BCUT2D eigenvalue weighted by atomic mass is 16.8. The maximum atomic E-state index is 12.9. The fourth-order valence-corrected chi connectivity index (χ4v) is 3.42. The Kier molecular flexibility index (Phi) is 3.92. The molecule has 1 aliphatic heterocycles. The van der Waals surface area contributed by atoms with Crippen molar-refractivity contribution >= 4 is 11.7 Å². The number of hydrogen-bond acceptors (Lipinski definition) is 5. The summed E-state index contributed by atoms with van der Waals surface area (Å²) in [5, 5.41) is 12.4. The van der Waals surface area contributed by atoms with Crippen molar-refractivity contribution in [2.24, 2.45) is 16.5 Å². The van der Waals surface area contributed by atoms with Crippen LogP contribution >= 0.6 is 0 Å². The van der Waals surface area contributed by atoms with E-state index in [9.17, 15) is 4.79 Å². The Labute approximate surface area is 136 Å². The van der Waals surface area contributed by atoms with E-state index in [4.69, 9.17) is 14.7 Å². The molecular formula is C18H23NO4. The number of nitrogens with zero attached hydrogens (tertiary/aromatic N) is 1. The first-order chi connectivity index (χ1) is 10.9. The molecule has 0 radical (unpaired) electrons. The fourth-order valence-electron chi connectivity index (χ4n) is 3.42. The highest BCUT2D eigenvalue weighted by Crippen LogP contribution is 2.49. The Bertz CT molecular complexity index is 620. The number of rotatable bonds is 2. The van der Waals surface area contributed by atoms with Crippen molar-refractivity contribution in [1.82, 2.24) is 0 Å². The normalized spacial score (nSPS) is 33.2. The number of esters is 1. The maximum absolute atomic E-state index is 12.9. The van der Waals surface area contributed by atoms with Crippen LogP contribution in [0.3, 0.4) is 0 Å². The lowest BCUT2D eigenvalue weighted by Gasteiger charge is -2.32. The van der Waals surface area contributed by atoms with Gasteiger partial charge < -0.3 is 14.7 Å². The third-order valence-corrected chi connectivity index (χ3v) is 4.70. The average molecular weight is 317 g/mol. The van der Waals surface area contributed by atoms with E-state index in [1.807, 2.05) is 51.1 Å². The molecule has 2 fully saturated rings. The molecule has 1 aliphatic carbocycles. The van der Waals surface area contributed by atoms with Crippen LogP contribution < -0.4 is 0 Å². The van der Waals surface area contributed by atoms with Gasteiger partial charge in [-0.15, -0.1) is 0 Å². The standard InChI is InChI=1S/C18H23NO4/c1-17(2,3)16-22-15(20)18(23-16,12-7-5-4-6-8-12)13-9-10-14(11-13)19-21/h4-8,13,16,21H,9-11H2,1-3H3/t13?,16-,18-/m0/s1. The van der Waals surface area contributed by atoms with E-state index in [0.717, 1.165) is 12.0 Å². The van der Waals surface area contributed by atoms with Crippen LogP contribution in [0, 0.1) is 11.3 Å². The molecule has 0 bridgehead atoms. The monoisotopic (exact) mass is 317 g/mol. The molecule has 3 atom stereocenters. The van der Waals surface area contributed by atoms with E-state index in [2.05, 4.69) is 5.16 Å². The molecule has 1 N–H and O–H groups in total. The minimum atomic E-state index is -1.12. The summed E-state index contributed by atoms with van der Waals surface area (Å²) >= 11 is 0. The summed E-state index contributed by atoms with van der Waals surface area (Å²) in [6.45, 7) is 5.96. The van der Waals surface area contributed by atoms with Crippen molar-refractivity contribution in [2.75, 3.05) is 0 Å². The number of hydrogen-bond donors (Lipinski definition) is 1. The molecule has 0 amide bonds. The van der Waals surface area contributed by atoms with Crippen molar-refractivity contribution < 1.29 is 19.5 Å². The molecule has 1 aromatic carbocycles. The zero-order valence-corrected chi connectivity index (χ0v) is 13.8. The van der Waals surface area contributed by atoms with Gasteiger partial charge in [-0.3, -0.25) is 0 Å². The second kappa shape index (κ2) is 5.64. The average Bonchev–Trinajstić information content (AvgIpc) is 3.12. The molecule has 5 heteroatoms. The lowest BCUT2D eigenvalue weighted by Crippen LogP contribution is -2.41. The van der Waals surface area contributed by atoms with E-state index in [-0.39, 0.29) is 17.3 Å². The Balaban J connectivity index is 2.04. The van der Waals surface area contributed by atoms with Gasteiger partial charge in [-0.1, -0.05) is 56.3 Å². The van der Waals surface area contributed by atoms with E-state index in [1.165, 1.54) is 0 Å². The first-order valence-electron chi connectivity index (χ1n) is 8.02. The summed E-state index contributed by atoms with van der Waals surface area (Å²) in [5.41, 5.74) is 0.0894. The Morgan fingerprint density at radius 3 is 2.48 bits per heavy atom. The summed E-state index contributed by atoms with van der Waals surface area (Å²) in [7, 11) is 0. The first-order valence-corrected chi connectivity index (χ1v) is 8.02. The number of ether oxygens (including phenoxy) is 2.